The highest BCUT2D eigenvalue weighted by Crippen LogP contribution is 2.22. The van der Waals surface area contributed by atoms with Gasteiger partial charge in [-0.2, -0.15) is 11.8 Å². The Labute approximate surface area is 124 Å². The topological polar surface area (TPSA) is 29.1 Å². The maximum atomic E-state index is 11.9. The molecule has 0 aliphatic heterocycles. The molecule has 0 aromatic heterocycles. The van der Waals surface area contributed by atoms with E-state index in [1.54, 1.807) is 0 Å². The fraction of sp³-hybridized carbons (Fsp3) is 0.235. The van der Waals surface area contributed by atoms with E-state index in [-0.39, 0.29) is 11.9 Å². The summed E-state index contributed by atoms with van der Waals surface area (Å²) in [5, 5.41) is 3.11. The number of carbonyl (C=O) groups excluding carboxylic acids is 1. The van der Waals surface area contributed by atoms with Crippen LogP contribution in [0, 0.1) is 6.92 Å². The lowest BCUT2D eigenvalue weighted by Gasteiger charge is -2.20. The minimum absolute atomic E-state index is 0.0620. The zero-order valence-corrected chi connectivity index (χ0v) is 12.6. The van der Waals surface area contributed by atoms with E-state index >= 15 is 0 Å². The van der Waals surface area contributed by atoms with Crippen LogP contribution in [0.2, 0.25) is 0 Å². The van der Waals surface area contributed by atoms with Gasteiger partial charge >= 0.3 is 0 Å². The monoisotopic (exact) mass is 285 g/mol. The summed E-state index contributed by atoms with van der Waals surface area (Å²) in [5.74, 6) is 0.543. The van der Waals surface area contributed by atoms with Crippen LogP contribution in [0.3, 0.4) is 0 Å². The third kappa shape index (κ3) is 3.87. The summed E-state index contributed by atoms with van der Waals surface area (Å²) in [6.07, 6.45) is 1.93. The van der Waals surface area contributed by atoms with Crippen molar-refractivity contribution < 1.29 is 4.79 Å². The van der Waals surface area contributed by atoms with Crippen molar-refractivity contribution >= 4 is 17.7 Å². The van der Waals surface area contributed by atoms with Gasteiger partial charge in [0.25, 0.3) is 0 Å². The van der Waals surface area contributed by atoms with Gasteiger partial charge in [-0.3, -0.25) is 4.79 Å². The van der Waals surface area contributed by atoms with E-state index in [0.717, 1.165) is 11.1 Å². The largest absolute Gasteiger partial charge is 0.344 e. The molecule has 0 unspecified atom stereocenters. The number of nitrogens with one attached hydrogen (secondary N) is 1. The summed E-state index contributed by atoms with van der Waals surface area (Å²) in [5.41, 5.74) is 3.43. The van der Waals surface area contributed by atoms with Gasteiger partial charge in [-0.05, 0) is 24.3 Å². The van der Waals surface area contributed by atoms with Gasteiger partial charge in [-0.15, -0.1) is 0 Å². The van der Waals surface area contributed by atoms with Gasteiger partial charge in [-0.25, -0.2) is 0 Å². The Morgan fingerprint density at radius 3 is 2.25 bits per heavy atom. The van der Waals surface area contributed by atoms with Crippen LogP contribution in [-0.2, 0) is 4.79 Å². The maximum absolute atomic E-state index is 11.9. The van der Waals surface area contributed by atoms with E-state index in [2.05, 4.69) is 36.5 Å². The number of benzene rings is 2. The summed E-state index contributed by atoms with van der Waals surface area (Å²) in [4.78, 5) is 11.9. The second-order valence-electron chi connectivity index (χ2n) is 4.75. The highest BCUT2D eigenvalue weighted by atomic mass is 32.2. The summed E-state index contributed by atoms with van der Waals surface area (Å²) in [7, 11) is 0. The standard InChI is InChI=1S/C17H19NOS/c1-13-8-10-15(11-9-13)17(18-16(19)12-20-2)14-6-4-3-5-7-14/h3-11,17H,12H2,1-2H3,(H,18,19)/t17-/m1/s1. The lowest BCUT2D eigenvalue weighted by molar-refractivity contribution is -0.119. The molecule has 0 aliphatic carbocycles. The molecule has 0 radical (unpaired) electrons. The van der Waals surface area contributed by atoms with Gasteiger partial charge in [-0.1, -0.05) is 60.2 Å². The molecule has 0 heterocycles. The first-order chi connectivity index (χ1) is 9.70. The number of aryl methyl sites for hydroxylation is 1. The molecule has 0 saturated carbocycles. The molecule has 2 aromatic rings. The molecule has 0 fully saturated rings. The van der Waals surface area contributed by atoms with E-state index in [0.29, 0.717) is 5.75 Å². The molecule has 3 heteroatoms. The van der Waals surface area contributed by atoms with E-state index in [1.807, 2.05) is 36.6 Å². The highest BCUT2D eigenvalue weighted by molar-refractivity contribution is 7.99. The van der Waals surface area contributed by atoms with E-state index < -0.39 is 0 Å². The summed E-state index contributed by atoms with van der Waals surface area (Å²) in [6, 6.07) is 18.3. The second-order valence-corrected chi connectivity index (χ2v) is 5.62. The molecule has 0 saturated heterocycles. The Bertz CT molecular complexity index is 551. The van der Waals surface area contributed by atoms with Crippen molar-refractivity contribution in [2.24, 2.45) is 0 Å². The van der Waals surface area contributed by atoms with Crippen LogP contribution in [0.4, 0.5) is 0 Å². The van der Waals surface area contributed by atoms with E-state index in [4.69, 9.17) is 0 Å². The summed E-state index contributed by atoms with van der Waals surface area (Å²) in [6.45, 7) is 2.06. The number of rotatable bonds is 5. The highest BCUT2D eigenvalue weighted by Gasteiger charge is 2.16. The lowest BCUT2D eigenvalue weighted by Crippen LogP contribution is -2.30. The quantitative estimate of drug-likeness (QED) is 0.910. The van der Waals surface area contributed by atoms with Crippen molar-refractivity contribution in [2.75, 3.05) is 12.0 Å². The fourth-order valence-electron chi connectivity index (χ4n) is 2.10. The fourth-order valence-corrected chi connectivity index (χ4v) is 2.44. The molecule has 20 heavy (non-hydrogen) atoms. The lowest BCUT2D eigenvalue weighted by atomic mass is 9.98. The van der Waals surface area contributed by atoms with Gasteiger partial charge in [0.05, 0.1) is 11.8 Å². The van der Waals surface area contributed by atoms with Gasteiger partial charge in [0.1, 0.15) is 0 Å². The third-order valence-corrected chi connectivity index (χ3v) is 3.68. The molecule has 0 spiro atoms. The Kier molecular flexibility index (Phi) is 5.24. The van der Waals surface area contributed by atoms with Crippen LogP contribution < -0.4 is 5.32 Å². The van der Waals surface area contributed by atoms with Crippen LogP contribution in [0.1, 0.15) is 22.7 Å². The van der Waals surface area contributed by atoms with Crippen LogP contribution in [-0.4, -0.2) is 17.9 Å². The zero-order chi connectivity index (χ0) is 14.4. The minimum atomic E-state index is -0.0866. The molecule has 2 rings (SSSR count). The molecule has 1 amide bonds. The average Bonchev–Trinajstić information content (AvgIpc) is 2.47. The van der Waals surface area contributed by atoms with Crippen LogP contribution in [0.15, 0.2) is 54.6 Å². The number of carbonyl (C=O) groups is 1. The molecule has 0 bridgehead atoms. The zero-order valence-electron chi connectivity index (χ0n) is 11.8. The van der Waals surface area contributed by atoms with E-state index in [1.165, 1.54) is 17.3 Å². The smallest absolute Gasteiger partial charge is 0.230 e. The third-order valence-electron chi connectivity index (χ3n) is 3.12. The molecule has 0 aliphatic rings. The van der Waals surface area contributed by atoms with Gasteiger partial charge in [0.2, 0.25) is 5.91 Å². The Morgan fingerprint density at radius 2 is 1.65 bits per heavy atom. The number of hydrogen-bond donors (Lipinski definition) is 1. The van der Waals surface area contributed by atoms with Crippen molar-refractivity contribution in [3.63, 3.8) is 0 Å². The number of hydrogen-bond acceptors (Lipinski definition) is 2. The first-order valence-electron chi connectivity index (χ1n) is 6.60. The number of thioether (sulfide) groups is 1. The van der Waals surface area contributed by atoms with Crippen molar-refractivity contribution in [1.82, 2.24) is 5.32 Å². The van der Waals surface area contributed by atoms with Crippen molar-refractivity contribution in [1.29, 1.82) is 0 Å². The Morgan fingerprint density at radius 1 is 1.05 bits per heavy atom. The average molecular weight is 285 g/mol. The van der Waals surface area contributed by atoms with Gasteiger partial charge in [0, 0.05) is 0 Å². The molecule has 104 valence electrons. The molecular formula is C17H19NOS. The summed E-state index contributed by atoms with van der Waals surface area (Å²) < 4.78 is 0. The predicted octanol–water partition coefficient (Wildman–Crippen LogP) is 3.56. The second kappa shape index (κ2) is 7.15. The van der Waals surface area contributed by atoms with Gasteiger partial charge in [0.15, 0.2) is 0 Å². The van der Waals surface area contributed by atoms with Crippen LogP contribution in [0.25, 0.3) is 0 Å². The van der Waals surface area contributed by atoms with Gasteiger partial charge < -0.3 is 5.32 Å². The SMILES string of the molecule is CSCC(=O)N[C@H](c1ccccc1)c1ccc(C)cc1. The molecule has 1 atom stereocenters. The van der Waals surface area contributed by atoms with Crippen LogP contribution >= 0.6 is 11.8 Å². The minimum Gasteiger partial charge on any atom is -0.344 e. The van der Waals surface area contributed by atoms with E-state index in [9.17, 15) is 4.79 Å². The molecular weight excluding hydrogens is 266 g/mol. The first-order valence-corrected chi connectivity index (χ1v) is 8.00. The van der Waals surface area contributed by atoms with Crippen molar-refractivity contribution in [2.45, 2.75) is 13.0 Å². The van der Waals surface area contributed by atoms with Crippen molar-refractivity contribution in [3.8, 4) is 0 Å². The Balaban J connectivity index is 2.29. The maximum Gasteiger partial charge on any atom is 0.230 e. The molecule has 2 nitrogen and oxygen atoms in total. The molecule has 2 aromatic carbocycles. The first kappa shape index (κ1) is 14.7. The summed E-state index contributed by atoms with van der Waals surface area (Å²) >= 11 is 1.53. The normalized spacial score (nSPS) is 11.9. The Hall–Kier alpha value is -1.74. The van der Waals surface area contributed by atoms with Crippen LogP contribution in [0.5, 0.6) is 0 Å². The van der Waals surface area contributed by atoms with Crippen molar-refractivity contribution in [3.05, 3.63) is 71.3 Å². The number of amides is 1. The molecule has 1 N–H and O–H groups in total. The predicted molar refractivity (Wildman–Crippen MR) is 86.0 cm³/mol.